The van der Waals surface area contributed by atoms with Crippen LogP contribution < -0.4 is 10.4 Å². The molecule has 1 fully saturated rings. The zero-order valence-corrected chi connectivity index (χ0v) is 8.79. The molecule has 0 radical (unpaired) electrons. The Hall–Kier alpha value is -1.10. The van der Waals surface area contributed by atoms with Crippen molar-refractivity contribution < 1.29 is 19.2 Å². The Morgan fingerprint density at radius 3 is 2.43 bits per heavy atom. The molecule has 5 nitrogen and oxygen atoms in total. The van der Waals surface area contributed by atoms with E-state index in [2.05, 4.69) is 5.32 Å². The summed E-state index contributed by atoms with van der Waals surface area (Å²) in [6.07, 6.45) is 0.595. The number of carboxylic acid groups (broad SMARTS) is 1. The third-order valence-electron chi connectivity index (χ3n) is 2.29. The minimum atomic E-state index is -1.18. The quantitative estimate of drug-likeness (QED) is 0.541. The molecule has 0 aromatic rings. The fourth-order valence-electron chi connectivity index (χ4n) is 1.86. The average molecular weight is 200 g/mol. The highest BCUT2D eigenvalue weighted by atomic mass is 16.4. The average Bonchev–Trinajstić information content (AvgIpc) is 2.29. The number of carboxylic acids is 1. The molecule has 1 heterocycles. The Morgan fingerprint density at radius 2 is 2.14 bits per heavy atom. The number of carbonyl (C=O) groups is 2. The van der Waals surface area contributed by atoms with E-state index in [-0.39, 0.29) is 12.3 Å². The molecule has 0 aliphatic carbocycles. The first-order chi connectivity index (χ1) is 6.25. The number of hydrogen-bond donors (Lipinski definition) is 1. The lowest BCUT2D eigenvalue weighted by atomic mass is 9.96. The van der Waals surface area contributed by atoms with E-state index in [1.54, 1.807) is 0 Å². The molecule has 80 valence electrons. The van der Waals surface area contributed by atoms with Crippen LogP contribution in [0.3, 0.4) is 0 Å². The fraction of sp³-hybridized carbons (Fsp3) is 0.778. The van der Waals surface area contributed by atoms with Gasteiger partial charge in [0.2, 0.25) is 5.91 Å². The standard InChI is InChI=1S/C9H16N2O3/c1-11(2,3)6-9(8(13)14)5-4-7(12)10-9/h4-6H2,1-3H3,(H-,10,12,13,14)/t9-/m1/s1. The van der Waals surface area contributed by atoms with Crippen LogP contribution >= 0.6 is 0 Å². The Labute approximate surface area is 83.3 Å². The van der Waals surface area contributed by atoms with Gasteiger partial charge in [-0.25, -0.2) is 0 Å². The van der Waals surface area contributed by atoms with Crippen LogP contribution in [0.4, 0.5) is 0 Å². The number of nitrogens with zero attached hydrogens (tertiary/aromatic N) is 1. The van der Waals surface area contributed by atoms with Gasteiger partial charge in [-0.1, -0.05) is 0 Å². The summed E-state index contributed by atoms with van der Waals surface area (Å²) >= 11 is 0. The maximum Gasteiger partial charge on any atom is 0.221 e. The van der Waals surface area contributed by atoms with Gasteiger partial charge in [0.1, 0.15) is 12.1 Å². The first kappa shape index (κ1) is 11.0. The van der Waals surface area contributed by atoms with E-state index in [0.29, 0.717) is 17.4 Å². The second kappa shape index (κ2) is 3.24. The summed E-state index contributed by atoms with van der Waals surface area (Å²) in [4.78, 5) is 22.1. The Bertz CT molecular complexity index is 270. The molecule has 0 bridgehead atoms. The maximum absolute atomic E-state index is 11.0. The summed E-state index contributed by atoms with van der Waals surface area (Å²) in [6, 6.07) is 0. The van der Waals surface area contributed by atoms with Gasteiger partial charge >= 0.3 is 0 Å². The molecule has 0 spiro atoms. The Kier molecular flexibility index (Phi) is 2.54. The van der Waals surface area contributed by atoms with Crippen molar-refractivity contribution in [3.8, 4) is 0 Å². The van der Waals surface area contributed by atoms with Crippen molar-refractivity contribution in [2.45, 2.75) is 18.4 Å². The van der Waals surface area contributed by atoms with Crippen LogP contribution in [0.25, 0.3) is 0 Å². The predicted octanol–water partition coefficient (Wildman–Crippen LogP) is -1.91. The highest BCUT2D eigenvalue weighted by molar-refractivity contribution is 5.90. The first-order valence-corrected chi connectivity index (χ1v) is 4.58. The van der Waals surface area contributed by atoms with E-state index >= 15 is 0 Å². The van der Waals surface area contributed by atoms with Crippen molar-refractivity contribution in [2.24, 2.45) is 0 Å². The molecule has 14 heavy (non-hydrogen) atoms. The molecular weight excluding hydrogens is 184 g/mol. The summed E-state index contributed by atoms with van der Waals surface area (Å²) in [6.45, 7) is 0.348. The molecule has 1 aliphatic rings. The van der Waals surface area contributed by atoms with E-state index in [4.69, 9.17) is 0 Å². The van der Waals surface area contributed by atoms with Gasteiger partial charge < -0.3 is 19.7 Å². The van der Waals surface area contributed by atoms with Gasteiger partial charge in [-0.2, -0.15) is 0 Å². The van der Waals surface area contributed by atoms with Crippen molar-refractivity contribution in [1.29, 1.82) is 0 Å². The zero-order valence-electron chi connectivity index (χ0n) is 8.79. The number of likely N-dealkylation sites (N-methyl/N-ethyl adjacent to an activating group) is 1. The van der Waals surface area contributed by atoms with E-state index in [1.165, 1.54) is 0 Å². The van der Waals surface area contributed by atoms with Gasteiger partial charge in [0.15, 0.2) is 0 Å². The molecular formula is C9H16N2O3. The van der Waals surface area contributed by atoms with E-state index in [1.807, 2.05) is 21.1 Å². The van der Waals surface area contributed by atoms with Crippen LogP contribution in [0.15, 0.2) is 0 Å². The fourth-order valence-corrected chi connectivity index (χ4v) is 1.86. The van der Waals surface area contributed by atoms with Crippen LogP contribution in [0.5, 0.6) is 0 Å². The molecule has 0 aromatic carbocycles. The second-order valence-corrected chi connectivity index (χ2v) is 4.87. The van der Waals surface area contributed by atoms with Gasteiger partial charge in [-0.3, -0.25) is 4.79 Å². The van der Waals surface area contributed by atoms with Crippen molar-refractivity contribution >= 4 is 11.9 Å². The van der Waals surface area contributed by atoms with Crippen LogP contribution in [-0.2, 0) is 9.59 Å². The van der Waals surface area contributed by atoms with E-state index in [0.717, 1.165) is 0 Å². The molecule has 5 heteroatoms. The smallest absolute Gasteiger partial charge is 0.221 e. The molecule has 1 rings (SSSR count). The number of quaternary nitrogens is 1. The molecule has 1 atom stereocenters. The number of rotatable bonds is 3. The lowest BCUT2D eigenvalue weighted by molar-refractivity contribution is -0.873. The lowest BCUT2D eigenvalue weighted by Crippen LogP contribution is -2.64. The Morgan fingerprint density at radius 1 is 1.57 bits per heavy atom. The van der Waals surface area contributed by atoms with E-state index in [9.17, 15) is 14.7 Å². The molecule has 0 saturated carbocycles. The highest BCUT2D eigenvalue weighted by Crippen LogP contribution is 2.21. The first-order valence-electron chi connectivity index (χ1n) is 4.58. The van der Waals surface area contributed by atoms with Gasteiger partial charge in [0, 0.05) is 6.42 Å². The van der Waals surface area contributed by atoms with Crippen LogP contribution in [0.1, 0.15) is 12.8 Å². The molecule has 1 amide bonds. The summed E-state index contributed by atoms with van der Waals surface area (Å²) in [7, 11) is 5.65. The van der Waals surface area contributed by atoms with Gasteiger partial charge in [-0.15, -0.1) is 0 Å². The van der Waals surface area contributed by atoms with Crippen molar-refractivity contribution in [1.82, 2.24) is 5.32 Å². The van der Waals surface area contributed by atoms with Crippen molar-refractivity contribution in [2.75, 3.05) is 27.7 Å². The molecule has 1 saturated heterocycles. The number of carbonyl (C=O) groups excluding carboxylic acids is 2. The van der Waals surface area contributed by atoms with Crippen LogP contribution in [-0.4, -0.2) is 49.6 Å². The third-order valence-corrected chi connectivity index (χ3v) is 2.29. The summed E-state index contributed by atoms with van der Waals surface area (Å²) in [5, 5.41) is 13.5. The van der Waals surface area contributed by atoms with Gasteiger partial charge in [-0.05, 0) is 6.42 Å². The lowest BCUT2D eigenvalue weighted by Gasteiger charge is -2.37. The van der Waals surface area contributed by atoms with Gasteiger partial charge in [0.25, 0.3) is 0 Å². The zero-order chi connectivity index (χ0) is 11.0. The number of aliphatic carboxylic acids is 1. The number of amides is 1. The number of hydrogen-bond acceptors (Lipinski definition) is 3. The predicted molar refractivity (Wildman–Crippen MR) is 48.0 cm³/mol. The van der Waals surface area contributed by atoms with Crippen LogP contribution in [0.2, 0.25) is 0 Å². The number of nitrogens with one attached hydrogen (secondary N) is 1. The van der Waals surface area contributed by atoms with Crippen LogP contribution in [0, 0.1) is 0 Å². The van der Waals surface area contributed by atoms with Gasteiger partial charge in [0.05, 0.1) is 27.1 Å². The molecule has 0 unspecified atom stereocenters. The molecule has 1 N–H and O–H groups in total. The van der Waals surface area contributed by atoms with Crippen molar-refractivity contribution in [3.63, 3.8) is 0 Å². The largest absolute Gasteiger partial charge is 0.547 e. The highest BCUT2D eigenvalue weighted by Gasteiger charge is 2.43. The summed E-state index contributed by atoms with van der Waals surface area (Å²) in [5.74, 6) is -1.39. The second-order valence-electron chi connectivity index (χ2n) is 4.87. The monoisotopic (exact) mass is 200 g/mol. The SMILES string of the molecule is C[N+](C)(C)C[C@@]1(C(=O)[O-])CCC(=O)N1. The summed E-state index contributed by atoms with van der Waals surface area (Å²) < 4.78 is 0.480. The van der Waals surface area contributed by atoms with Crippen molar-refractivity contribution in [3.05, 3.63) is 0 Å². The summed E-state index contributed by atoms with van der Waals surface area (Å²) in [5.41, 5.74) is -1.17. The topological polar surface area (TPSA) is 69.2 Å². The Balaban J connectivity index is 2.84. The molecule has 1 aliphatic heterocycles. The molecule has 0 aromatic heterocycles. The minimum absolute atomic E-state index is 0.206. The third kappa shape index (κ3) is 2.23. The normalized spacial score (nSPS) is 27.5. The maximum atomic E-state index is 11.0. The minimum Gasteiger partial charge on any atom is -0.547 e. The van der Waals surface area contributed by atoms with E-state index < -0.39 is 11.5 Å².